The summed E-state index contributed by atoms with van der Waals surface area (Å²) in [6.07, 6.45) is 0. The van der Waals surface area contributed by atoms with Gasteiger partial charge in [0.25, 0.3) is 0 Å². The Hall–Kier alpha value is -2.36. The SMILES string of the molecule is Cc1cccc(OCc2cc(F)cc(C(=N)N)c2)c1C. The van der Waals surface area contributed by atoms with Crippen LogP contribution in [0.1, 0.15) is 22.3 Å². The largest absolute Gasteiger partial charge is 0.489 e. The molecule has 104 valence electrons. The number of benzene rings is 2. The molecule has 0 aliphatic rings. The van der Waals surface area contributed by atoms with Crippen molar-refractivity contribution < 1.29 is 9.13 Å². The molecule has 20 heavy (non-hydrogen) atoms. The van der Waals surface area contributed by atoms with Crippen LogP contribution in [0.3, 0.4) is 0 Å². The average molecular weight is 272 g/mol. The maximum absolute atomic E-state index is 13.4. The fourth-order valence-corrected chi connectivity index (χ4v) is 1.93. The first-order chi connectivity index (χ1) is 9.47. The van der Waals surface area contributed by atoms with E-state index in [1.807, 2.05) is 32.0 Å². The molecule has 0 unspecified atom stereocenters. The molecule has 0 amide bonds. The molecule has 0 fully saturated rings. The molecule has 0 atom stereocenters. The summed E-state index contributed by atoms with van der Waals surface area (Å²) in [5, 5.41) is 7.36. The molecule has 2 aromatic carbocycles. The van der Waals surface area contributed by atoms with Gasteiger partial charge in [-0.05, 0) is 54.8 Å². The molecule has 2 aromatic rings. The Morgan fingerprint density at radius 3 is 2.70 bits per heavy atom. The highest BCUT2D eigenvalue weighted by Gasteiger charge is 2.06. The molecule has 3 nitrogen and oxygen atoms in total. The summed E-state index contributed by atoms with van der Waals surface area (Å²) in [6.45, 7) is 4.23. The maximum Gasteiger partial charge on any atom is 0.124 e. The van der Waals surface area contributed by atoms with Gasteiger partial charge in [0.05, 0.1) is 0 Å². The Kier molecular flexibility index (Phi) is 4.03. The van der Waals surface area contributed by atoms with Crippen LogP contribution in [0.15, 0.2) is 36.4 Å². The normalized spacial score (nSPS) is 10.3. The molecular weight excluding hydrogens is 255 g/mol. The van der Waals surface area contributed by atoms with Crippen LogP contribution < -0.4 is 10.5 Å². The number of rotatable bonds is 4. The fraction of sp³-hybridized carbons (Fsp3) is 0.188. The van der Waals surface area contributed by atoms with Crippen molar-refractivity contribution in [2.45, 2.75) is 20.5 Å². The lowest BCUT2D eigenvalue weighted by Crippen LogP contribution is -2.12. The number of hydrogen-bond acceptors (Lipinski definition) is 2. The second kappa shape index (κ2) is 5.74. The van der Waals surface area contributed by atoms with Crippen LogP contribution in [0.25, 0.3) is 0 Å². The van der Waals surface area contributed by atoms with Gasteiger partial charge in [0, 0.05) is 5.56 Å². The van der Waals surface area contributed by atoms with Gasteiger partial charge < -0.3 is 10.5 Å². The summed E-state index contributed by atoms with van der Waals surface area (Å²) in [5.74, 6) is 0.202. The van der Waals surface area contributed by atoms with E-state index in [1.165, 1.54) is 12.1 Å². The Labute approximate surface area is 117 Å². The van der Waals surface area contributed by atoms with E-state index in [1.54, 1.807) is 6.07 Å². The van der Waals surface area contributed by atoms with Crippen LogP contribution in [0.2, 0.25) is 0 Å². The average Bonchev–Trinajstić information content (AvgIpc) is 2.40. The van der Waals surface area contributed by atoms with E-state index in [9.17, 15) is 4.39 Å². The molecule has 2 rings (SSSR count). The van der Waals surface area contributed by atoms with Crippen molar-refractivity contribution in [3.63, 3.8) is 0 Å². The van der Waals surface area contributed by atoms with Crippen LogP contribution in [-0.4, -0.2) is 5.84 Å². The van der Waals surface area contributed by atoms with Crippen molar-refractivity contribution in [1.29, 1.82) is 5.41 Å². The monoisotopic (exact) mass is 272 g/mol. The lowest BCUT2D eigenvalue weighted by atomic mass is 10.1. The number of aryl methyl sites for hydroxylation is 1. The minimum atomic E-state index is -0.419. The van der Waals surface area contributed by atoms with Gasteiger partial charge in [-0.25, -0.2) is 4.39 Å². The molecule has 0 aliphatic heterocycles. The second-order valence-electron chi connectivity index (χ2n) is 4.75. The predicted molar refractivity (Wildman–Crippen MR) is 77.7 cm³/mol. The lowest BCUT2D eigenvalue weighted by Gasteiger charge is -2.11. The zero-order valence-corrected chi connectivity index (χ0v) is 11.5. The predicted octanol–water partition coefficient (Wildman–Crippen LogP) is 3.31. The van der Waals surface area contributed by atoms with E-state index >= 15 is 0 Å². The molecule has 0 aliphatic carbocycles. The number of nitrogen functional groups attached to an aromatic ring is 1. The Morgan fingerprint density at radius 1 is 1.25 bits per heavy atom. The third-order valence-corrected chi connectivity index (χ3v) is 3.22. The lowest BCUT2D eigenvalue weighted by molar-refractivity contribution is 0.303. The summed E-state index contributed by atoms with van der Waals surface area (Å²) in [5.41, 5.74) is 8.60. The van der Waals surface area contributed by atoms with E-state index in [4.69, 9.17) is 15.9 Å². The van der Waals surface area contributed by atoms with E-state index in [-0.39, 0.29) is 12.4 Å². The van der Waals surface area contributed by atoms with Crippen LogP contribution >= 0.6 is 0 Å². The van der Waals surface area contributed by atoms with E-state index in [0.717, 1.165) is 16.9 Å². The molecule has 0 saturated carbocycles. The second-order valence-corrected chi connectivity index (χ2v) is 4.75. The van der Waals surface area contributed by atoms with Gasteiger partial charge in [-0.2, -0.15) is 0 Å². The molecule has 4 heteroatoms. The molecule has 3 N–H and O–H groups in total. The number of halogens is 1. The van der Waals surface area contributed by atoms with Gasteiger partial charge in [0.1, 0.15) is 24.0 Å². The van der Waals surface area contributed by atoms with Gasteiger partial charge in [0.15, 0.2) is 0 Å². The Balaban J connectivity index is 2.19. The molecule has 0 heterocycles. The fourth-order valence-electron chi connectivity index (χ4n) is 1.93. The highest BCUT2D eigenvalue weighted by molar-refractivity contribution is 5.95. The Morgan fingerprint density at radius 2 is 2.00 bits per heavy atom. The minimum absolute atomic E-state index is 0.155. The van der Waals surface area contributed by atoms with E-state index in [2.05, 4.69) is 0 Å². The van der Waals surface area contributed by atoms with E-state index < -0.39 is 5.82 Å². The summed E-state index contributed by atoms with van der Waals surface area (Å²) < 4.78 is 19.2. The number of amidine groups is 1. The molecule has 0 aromatic heterocycles. The van der Waals surface area contributed by atoms with Crippen molar-refractivity contribution in [2.24, 2.45) is 5.73 Å². The molecule has 0 bridgehead atoms. The van der Waals surface area contributed by atoms with Crippen LogP contribution in [-0.2, 0) is 6.61 Å². The number of nitrogens with one attached hydrogen (secondary N) is 1. The van der Waals surface area contributed by atoms with Crippen molar-refractivity contribution in [3.8, 4) is 5.75 Å². The van der Waals surface area contributed by atoms with Crippen LogP contribution in [0.5, 0.6) is 5.75 Å². The van der Waals surface area contributed by atoms with E-state index in [0.29, 0.717) is 11.1 Å². The summed E-state index contributed by atoms with van der Waals surface area (Å²) >= 11 is 0. The first-order valence-corrected chi connectivity index (χ1v) is 6.30. The minimum Gasteiger partial charge on any atom is -0.489 e. The highest BCUT2D eigenvalue weighted by Crippen LogP contribution is 2.22. The summed E-state index contributed by atoms with van der Waals surface area (Å²) in [7, 11) is 0. The molecule has 0 radical (unpaired) electrons. The van der Waals surface area contributed by atoms with Crippen molar-refractivity contribution in [2.75, 3.05) is 0 Å². The smallest absolute Gasteiger partial charge is 0.124 e. The summed E-state index contributed by atoms with van der Waals surface area (Å²) in [4.78, 5) is 0. The third kappa shape index (κ3) is 3.15. The standard InChI is InChI=1S/C16H17FN2O/c1-10-4-3-5-15(11(10)2)20-9-12-6-13(16(18)19)8-14(17)7-12/h3-8H,9H2,1-2H3,(H3,18,19). The molecule has 0 spiro atoms. The first kappa shape index (κ1) is 14.1. The number of ether oxygens (including phenoxy) is 1. The molecule has 0 saturated heterocycles. The maximum atomic E-state index is 13.4. The van der Waals surface area contributed by atoms with Crippen molar-refractivity contribution >= 4 is 5.84 Å². The number of hydrogen-bond donors (Lipinski definition) is 2. The quantitative estimate of drug-likeness (QED) is 0.662. The van der Waals surface area contributed by atoms with Gasteiger partial charge in [-0.3, -0.25) is 5.41 Å². The molecular formula is C16H17FN2O. The zero-order valence-electron chi connectivity index (χ0n) is 11.5. The van der Waals surface area contributed by atoms with Crippen LogP contribution in [0, 0.1) is 25.1 Å². The van der Waals surface area contributed by atoms with Gasteiger partial charge in [-0.1, -0.05) is 12.1 Å². The Bertz CT molecular complexity index is 653. The summed E-state index contributed by atoms with van der Waals surface area (Å²) in [6, 6.07) is 10.1. The van der Waals surface area contributed by atoms with Gasteiger partial charge >= 0.3 is 0 Å². The first-order valence-electron chi connectivity index (χ1n) is 6.30. The van der Waals surface area contributed by atoms with Crippen molar-refractivity contribution in [1.82, 2.24) is 0 Å². The topological polar surface area (TPSA) is 59.1 Å². The highest BCUT2D eigenvalue weighted by atomic mass is 19.1. The van der Waals surface area contributed by atoms with Crippen molar-refractivity contribution in [3.05, 3.63) is 64.5 Å². The zero-order chi connectivity index (χ0) is 14.7. The number of nitrogens with two attached hydrogens (primary N) is 1. The van der Waals surface area contributed by atoms with Gasteiger partial charge in [-0.15, -0.1) is 0 Å². The van der Waals surface area contributed by atoms with Crippen LogP contribution in [0.4, 0.5) is 4.39 Å². The van der Waals surface area contributed by atoms with Gasteiger partial charge in [0.2, 0.25) is 0 Å². The third-order valence-electron chi connectivity index (χ3n) is 3.22.